The molecule has 1 aromatic carbocycles. The third kappa shape index (κ3) is 4.88. The number of carbonyl (C=O) groups excluding carboxylic acids is 2. The topological polar surface area (TPSA) is 98.1 Å². The van der Waals surface area contributed by atoms with Crippen LogP contribution in [0.3, 0.4) is 0 Å². The third-order valence-electron chi connectivity index (χ3n) is 4.83. The van der Waals surface area contributed by atoms with E-state index in [1.807, 2.05) is 6.07 Å². The fraction of sp³-hybridized carbons (Fsp3) is 0.300. The highest BCUT2D eigenvalue weighted by Gasteiger charge is 2.37. The fourth-order valence-corrected chi connectivity index (χ4v) is 3.37. The van der Waals surface area contributed by atoms with Crippen molar-refractivity contribution < 1.29 is 22.8 Å². The molecule has 0 radical (unpaired) electrons. The molecule has 1 saturated heterocycles. The van der Waals surface area contributed by atoms with Crippen molar-refractivity contribution in [2.45, 2.75) is 25.2 Å². The number of carbonyl (C=O) groups is 2. The van der Waals surface area contributed by atoms with Crippen LogP contribution in [0.1, 0.15) is 35.5 Å². The summed E-state index contributed by atoms with van der Waals surface area (Å²) in [6, 6.07) is 7.82. The van der Waals surface area contributed by atoms with Gasteiger partial charge >= 0.3 is 12.2 Å². The molecule has 2 aromatic rings. The van der Waals surface area contributed by atoms with Crippen molar-refractivity contribution in [2.24, 2.45) is 0 Å². The second-order valence-corrected chi connectivity index (χ2v) is 7.25. The van der Waals surface area contributed by atoms with Crippen molar-refractivity contribution in [2.75, 3.05) is 13.1 Å². The Balaban J connectivity index is 2.00. The second-order valence-electron chi connectivity index (χ2n) is 6.84. The summed E-state index contributed by atoms with van der Waals surface area (Å²) in [6.45, 7) is 2.04. The van der Waals surface area contributed by atoms with Crippen LogP contribution in [0.2, 0.25) is 5.02 Å². The molecule has 11 heteroatoms. The Morgan fingerprint density at radius 1 is 1.32 bits per heavy atom. The summed E-state index contributed by atoms with van der Waals surface area (Å²) >= 11 is 5.68. The highest BCUT2D eigenvalue weighted by atomic mass is 35.5. The highest BCUT2D eigenvalue weighted by molar-refractivity contribution is 6.31. The summed E-state index contributed by atoms with van der Waals surface area (Å²) < 4.78 is 40.0. The molecule has 0 saturated carbocycles. The zero-order valence-corrected chi connectivity index (χ0v) is 17.0. The van der Waals surface area contributed by atoms with Crippen molar-refractivity contribution in [3.8, 4) is 6.07 Å². The van der Waals surface area contributed by atoms with E-state index in [-0.39, 0.29) is 24.7 Å². The maximum atomic E-state index is 13.3. The Kier molecular flexibility index (Phi) is 6.36. The van der Waals surface area contributed by atoms with E-state index in [0.29, 0.717) is 11.1 Å². The standard InChI is InChI=1S/C20H17ClF3N5O2/c1-11-18(30)26-8-9-29(11)19(31)28-16(13-4-2-12(10-25)3-5-13)15-7-6-14(21)17(27-15)20(22,23)24/h2-7,11,16H,8-9H2,1H3,(H,26,30)(H,28,31)/t11-,16-/m1/s1. The van der Waals surface area contributed by atoms with Crippen LogP contribution < -0.4 is 10.6 Å². The van der Waals surface area contributed by atoms with Gasteiger partial charge < -0.3 is 15.5 Å². The minimum absolute atomic E-state index is 0.0936. The van der Waals surface area contributed by atoms with Gasteiger partial charge in [0, 0.05) is 13.1 Å². The van der Waals surface area contributed by atoms with Gasteiger partial charge in [0.15, 0.2) is 5.69 Å². The first-order valence-electron chi connectivity index (χ1n) is 9.20. The first-order valence-corrected chi connectivity index (χ1v) is 9.58. The van der Waals surface area contributed by atoms with Gasteiger partial charge in [-0.3, -0.25) is 4.79 Å². The van der Waals surface area contributed by atoms with Crippen LogP contribution in [0.25, 0.3) is 0 Å². The van der Waals surface area contributed by atoms with Crippen molar-refractivity contribution >= 4 is 23.5 Å². The maximum absolute atomic E-state index is 13.3. The van der Waals surface area contributed by atoms with E-state index < -0.39 is 35.0 Å². The quantitative estimate of drug-likeness (QED) is 0.748. The summed E-state index contributed by atoms with van der Waals surface area (Å²) in [5, 5.41) is 13.7. The van der Waals surface area contributed by atoms with Crippen LogP contribution in [0.15, 0.2) is 36.4 Å². The fourth-order valence-electron chi connectivity index (χ4n) is 3.16. The molecule has 2 N–H and O–H groups in total. The van der Waals surface area contributed by atoms with Gasteiger partial charge in [-0.25, -0.2) is 9.78 Å². The highest BCUT2D eigenvalue weighted by Crippen LogP contribution is 2.34. The number of nitrogens with one attached hydrogen (secondary N) is 2. The average Bonchev–Trinajstić information content (AvgIpc) is 2.73. The second kappa shape index (κ2) is 8.81. The normalized spacial score (nSPS) is 17.5. The molecular weight excluding hydrogens is 435 g/mol. The predicted octanol–water partition coefficient (Wildman–Crippen LogP) is 3.24. The van der Waals surface area contributed by atoms with Gasteiger partial charge in [0.25, 0.3) is 0 Å². The summed E-state index contributed by atoms with van der Waals surface area (Å²) in [4.78, 5) is 29.7. The SMILES string of the molecule is C[C@@H]1C(=O)NCCN1C(=O)N[C@H](c1ccc(C#N)cc1)c1ccc(Cl)c(C(F)(F)F)n1. The monoisotopic (exact) mass is 451 g/mol. The molecule has 3 amide bonds. The summed E-state index contributed by atoms with van der Waals surface area (Å²) in [6.07, 6.45) is -4.79. The smallest absolute Gasteiger partial charge is 0.353 e. The number of benzene rings is 1. The van der Waals surface area contributed by atoms with Crippen LogP contribution in [0, 0.1) is 11.3 Å². The molecule has 0 unspecified atom stereocenters. The van der Waals surface area contributed by atoms with Gasteiger partial charge in [-0.15, -0.1) is 0 Å². The molecule has 3 rings (SSSR count). The van der Waals surface area contributed by atoms with Crippen LogP contribution in [0.5, 0.6) is 0 Å². The average molecular weight is 452 g/mol. The summed E-state index contributed by atoms with van der Waals surface area (Å²) in [7, 11) is 0. The van der Waals surface area contributed by atoms with E-state index in [2.05, 4.69) is 15.6 Å². The Labute approximate surface area is 180 Å². The zero-order valence-electron chi connectivity index (χ0n) is 16.2. The lowest BCUT2D eigenvalue weighted by Gasteiger charge is -2.34. The van der Waals surface area contributed by atoms with Gasteiger partial charge in [-0.1, -0.05) is 23.7 Å². The minimum Gasteiger partial charge on any atom is -0.353 e. The number of rotatable bonds is 3. The lowest BCUT2D eigenvalue weighted by Crippen LogP contribution is -2.58. The number of amides is 3. The Bertz CT molecular complexity index is 1040. The molecule has 2 atom stereocenters. The number of aromatic nitrogens is 1. The lowest BCUT2D eigenvalue weighted by atomic mass is 10.0. The van der Waals surface area contributed by atoms with E-state index in [9.17, 15) is 22.8 Å². The van der Waals surface area contributed by atoms with Crippen molar-refractivity contribution in [1.29, 1.82) is 5.26 Å². The van der Waals surface area contributed by atoms with Crippen LogP contribution in [0.4, 0.5) is 18.0 Å². The van der Waals surface area contributed by atoms with Crippen LogP contribution >= 0.6 is 11.6 Å². The maximum Gasteiger partial charge on any atom is 0.434 e. The molecule has 0 spiro atoms. The molecule has 1 aromatic heterocycles. The Hall–Kier alpha value is -3.32. The molecule has 1 aliphatic rings. The van der Waals surface area contributed by atoms with Crippen LogP contribution in [-0.4, -0.2) is 41.0 Å². The molecule has 162 valence electrons. The van der Waals surface area contributed by atoms with Crippen LogP contribution in [-0.2, 0) is 11.0 Å². The van der Waals surface area contributed by atoms with Gasteiger partial charge in [-0.2, -0.15) is 18.4 Å². The molecule has 0 bridgehead atoms. The number of alkyl halides is 3. The predicted molar refractivity (Wildman–Crippen MR) is 105 cm³/mol. The number of hydrogen-bond acceptors (Lipinski definition) is 4. The molecule has 2 heterocycles. The van der Waals surface area contributed by atoms with E-state index in [1.54, 1.807) is 6.92 Å². The Morgan fingerprint density at radius 3 is 2.61 bits per heavy atom. The van der Waals surface area contributed by atoms with Crippen molar-refractivity contribution in [1.82, 2.24) is 20.5 Å². The van der Waals surface area contributed by atoms with E-state index in [4.69, 9.17) is 16.9 Å². The van der Waals surface area contributed by atoms with Gasteiger partial charge in [0.1, 0.15) is 6.04 Å². The lowest BCUT2D eigenvalue weighted by molar-refractivity contribution is -0.141. The number of piperazine rings is 1. The molecule has 1 fully saturated rings. The van der Waals surface area contributed by atoms with Gasteiger partial charge in [0.05, 0.1) is 28.4 Å². The number of halogens is 4. The minimum atomic E-state index is -4.79. The van der Waals surface area contributed by atoms with Gasteiger partial charge in [-0.05, 0) is 36.8 Å². The Morgan fingerprint density at radius 2 is 2.00 bits per heavy atom. The van der Waals surface area contributed by atoms with E-state index in [0.717, 1.165) is 6.07 Å². The number of nitrogens with zero attached hydrogens (tertiary/aromatic N) is 3. The third-order valence-corrected chi connectivity index (χ3v) is 5.14. The van der Waals surface area contributed by atoms with Crippen molar-refractivity contribution in [3.05, 3.63) is 63.9 Å². The number of hydrogen-bond donors (Lipinski definition) is 2. The molecular formula is C20H17ClF3N5O2. The molecule has 1 aliphatic heterocycles. The first kappa shape index (κ1) is 22.4. The summed E-state index contributed by atoms with van der Waals surface area (Å²) in [5.41, 5.74) is -0.617. The van der Waals surface area contributed by atoms with Crippen molar-refractivity contribution in [3.63, 3.8) is 0 Å². The first-order chi connectivity index (χ1) is 14.6. The molecule has 0 aliphatic carbocycles. The van der Waals surface area contributed by atoms with E-state index >= 15 is 0 Å². The number of nitriles is 1. The zero-order chi connectivity index (χ0) is 22.8. The van der Waals surface area contributed by atoms with E-state index in [1.165, 1.54) is 35.2 Å². The molecule has 31 heavy (non-hydrogen) atoms. The van der Waals surface area contributed by atoms with Gasteiger partial charge in [0.2, 0.25) is 5.91 Å². The number of pyridine rings is 1. The number of urea groups is 1. The summed E-state index contributed by atoms with van der Waals surface area (Å²) in [5.74, 6) is -0.333. The molecule has 7 nitrogen and oxygen atoms in total. The largest absolute Gasteiger partial charge is 0.434 e.